The van der Waals surface area contributed by atoms with Gasteiger partial charge in [0.2, 0.25) is 0 Å². The molecule has 6 rings (SSSR count). The Morgan fingerprint density at radius 3 is 2.69 bits per heavy atom. The summed E-state index contributed by atoms with van der Waals surface area (Å²) in [5.41, 5.74) is 6.52. The average Bonchev–Trinajstić information content (AvgIpc) is 3.28. The molecule has 0 unspecified atom stereocenters. The first-order chi connectivity index (χ1) is 17.2. The summed E-state index contributed by atoms with van der Waals surface area (Å²) < 4.78 is 5.89. The van der Waals surface area contributed by atoms with Gasteiger partial charge in [-0.2, -0.15) is 0 Å². The summed E-state index contributed by atoms with van der Waals surface area (Å²) in [7, 11) is 0. The zero-order valence-corrected chi connectivity index (χ0v) is 19.5. The molecular formula is C28H27N5O2. The summed E-state index contributed by atoms with van der Waals surface area (Å²) in [6.45, 7) is 1.18. The van der Waals surface area contributed by atoms with Crippen molar-refractivity contribution in [2.45, 2.75) is 32.1 Å². The van der Waals surface area contributed by atoms with Crippen molar-refractivity contribution in [2.24, 2.45) is 0 Å². The number of nitrogens with zero attached hydrogens (tertiary/aromatic N) is 3. The number of hydrogen-bond acceptors (Lipinski definition) is 4. The van der Waals surface area contributed by atoms with Crippen LogP contribution in [0.3, 0.4) is 0 Å². The highest BCUT2D eigenvalue weighted by Crippen LogP contribution is 2.34. The minimum Gasteiger partial charge on any atom is -0.457 e. The molecule has 2 N–H and O–H groups in total. The quantitative estimate of drug-likeness (QED) is 0.390. The van der Waals surface area contributed by atoms with Gasteiger partial charge in [0.05, 0.1) is 5.69 Å². The lowest BCUT2D eigenvalue weighted by atomic mass is 9.93. The van der Waals surface area contributed by atoms with Crippen LogP contribution in [0.2, 0.25) is 0 Å². The number of aromatic amines is 1. The standard InChI is InChI=1S/C28H27N5O2/c34-28(31-20-7-6-10-22(17-20)35-21-8-2-1-3-9-21)33-15-13-19(14-16-33)26-25-23-11-4-5-12-24(23)32-27(25)30-18-29-26/h1-3,6-10,13,17-18H,4-5,11-12,14-16H2,(H,31,34)(H,29,30,32). The molecule has 0 radical (unpaired) electrons. The van der Waals surface area contributed by atoms with E-state index in [-0.39, 0.29) is 6.03 Å². The molecule has 0 fully saturated rings. The summed E-state index contributed by atoms with van der Waals surface area (Å²) in [5.74, 6) is 1.43. The molecule has 2 aliphatic rings. The van der Waals surface area contributed by atoms with E-state index in [0.29, 0.717) is 24.5 Å². The van der Waals surface area contributed by atoms with Crippen molar-refractivity contribution in [3.63, 3.8) is 0 Å². The fourth-order valence-corrected chi connectivity index (χ4v) is 5.00. The number of nitrogens with one attached hydrogen (secondary N) is 2. The maximum absolute atomic E-state index is 13.0. The van der Waals surface area contributed by atoms with Gasteiger partial charge >= 0.3 is 6.03 Å². The monoisotopic (exact) mass is 465 g/mol. The van der Waals surface area contributed by atoms with Crippen LogP contribution in [0.4, 0.5) is 10.5 Å². The van der Waals surface area contributed by atoms with Crippen LogP contribution in [0, 0.1) is 0 Å². The van der Waals surface area contributed by atoms with Crippen LogP contribution >= 0.6 is 0 Å². The normalized spacial score (nSPS) is 15.4. The number of fused-ring (bicyclic) bond motifs is 3. The van der Waals surface area contributed by atoms with Gasteiger partial charge in [0, 0.05) is 35.9 Å². The fraction of sp³-hybridized carbons (Fsp3) is 0.250. The van der Waals surface area contributed by atoms with Crippen molar-refractivity contribution < 1.29 is 9.53 Å². The second-order valence-corrected chi connectivity index (χ2v) is 9.03. The van der Waals surface area contributed by atoms with E-state index < -0.39 is 0 Å². The van der Waals surface area contributed by atoms with Crippen molar-refractivity contribution in [1.29, 1.82) is 0 Å². The molecule has 0 atom stereocenters. The molecule has 2 amide bonds. The SMILES string of the molecule is O=C(Nc1cccc(Oc2ccccc2)c1)N1CC=C(c2ncnc3[nH]c4c(c23)CCCC4)CC1. The van der Waals surface area contributed by atoms with Gasteiger partial charge in [0.1, 0.15) is 23.5 Å². The Morgan fingerprint density at radius 1 is 0.971 bits per heavy atom. The number of carbonyl (C=O) groups excluding carboxylic acids is 1. The topological polar surface area (TPSA) is 83.1 Å². The number of aryl methyl sites for hydroxylation is 2. The molecule has 2 aromatic heterocycles. The lowest BCUT2D eigenvalue weighted by Gasteiger charge is -2.27. The fourth-order valence-electron chi connectivity index (χ4n) is 5.00. The van der Waals surface area contributed by atoms with Crippen molar-refractivity contribution in [2.75, 3.05) is 18.4 Å². The minimum atomic E-state index is -0.121. The number of urea groups is 1. The first kappa shape index (κ1) is 21.4. The van der Waals surface area contributed by atoms with Crippen molar-refractivity contribution in [1.82, 2.24) is 19.9 Å². The lowest BCUT2D eigenvalue weighted by molar-refractivity contribution is 0.217. The predicted octanol–water partition coefficient (Wildman–Crippen LogP) is 5.95. The zero-order chi connectivity index (χ0) is 23.6. The van der Waals surface area contributed by atoms with E-state index in [1.165, 1.54) is 35.1 Å². The van der Waals surface area contributed by atoms with Crippen molar-refractivity contribution >= 4 is 28.3 Å². The Morgan fingerprint density at radius 2 is 1.83 bits per heavy atom. The number of ether oxygens (including phenoxy) is 1. The van der Waals surface area contributed by atoms with Gasteiger partial charge in [0.25, 0.3) is 0 Å². The molecule has 3 heterocycles. The number of carbonyl (C=O) groups is 1. The smallest absolute Gasteiger partial charge is 0.322 e. The summed E-state index contributed by atoms with van der Waals surface area (Å²) in [4.78, 5) is 27.4. The number of aromatic nitrogens is 3. The lowest BCUT2D eigenvalue weighted by Crippen LogP contribution is -2.38. The largest absolute Gasteiger partial charge is 0.457 e. The van der Waals surface area contributed by atoms with E-state index in [1.807, 2.05) is 59.5 Å². The van der Waals surface area contributed by atoms with E-state index in [9.17, 15) is 4.79 Å². The van der Waals surface area contributed by atoms with Gasteiger partial charge < -0.3 is 19.9 Å². The van der Waals surface area contributed by atoms with Gasteiger partial charge in [-0.15, -0.1) is 0 Å². The number of para-hydroxylation sites is 1. The molecule has 2 aromatic carbocycles. The van der Waals surface area contributed by atoms with E-state index in [1.54, 1.807) is 6.33 Å². The number of benzene rings is 2. The number of H-pyrrole nitrogens is 1. The van der Waals surface area contributed by atoms with E-state index >= 15 is 0 Å². The molecular weight excluding hydrogens is 438 g/mol. The molecule has 0 bridgehead atoms. The molecule has 4 aromatic rings. The summed E-state index contributed by atoms with van der Waals surface area (Å²) in [6, 6.07) is 16.9. The maximum Gasteiger partial charge on any atom is 0.322 e. The second kappa shape index (κ2) is 9.25. The second-order valence-electron chi connectivity index (χ2n) is 9.03. The van der Waals surface area contributed by atoms with Crippen LogP contribution in [0.15, 0.2) is 67.0 Å². The van der Waals surface area contributed by atoms with Crippen LogP contribution in [-0.4, -0.2) is 39.0 Å². The third kappa shape index (κ3) is 4.37. The van der Waals surface area contributed by atoms with Crippen LogP contribution in [0.5, 0.6) is 11.5 Å². The number of rotatable bonds is 4. The Kier molecular flexibility index (Phi) is 5.66. The number of amides is 2. The number of hydrogen-bond donors (Lipinski definition) is 2. The summed E-state index contributed by atoms with van der Waals surface area (Å²) >= 11 is 0. The van der Waals surface area contributed by atoms with Crippen molar-refractivity contribution in [3.8, 4) is 11.5 Å². The van der Waals surface area contributed by atoms with Gasteiger partial charge in [0.15, 0.2) is 0 Å². The van der Waals surface area contributed by atoms with E-state index in [4.69, 9.17) is 4.74 Å². The average molecular weight is 466 g/mol. The maximum atomic E-state index is 13.0. The molecule has 0 spiro atoms. The van der Waals surface area contributed by atoms with Crippen LogP contribution in [0.25, 0.3) is 16.6 Å². The Labute approximate surface area is 203 Å². The Hall–Kier alpha value is -4.13. The first-order valence-electron chi connectivity index (χ1n) is 12.2. The molecule has 176 valence electrons. The van der Waals surface area contributed by atoms with E-state index in [0.717, 1.165) is 36.4 Å². The molecule has 1 aliphatic heterocycles. The Balaban J connectivity index is 1.16. The zero-order valence-electron chi connectivity index (χ0n) is 19.5. The molecule has 0 saturated heterocycles. The third-order valence-corrected chi connectivity index (χ3v) is 6.75. The predicted molar refractivity (Wildman–Crippen MR) is 137 cm³/mol. The van der Waals surface area contributed by atoms with Crippen LogP contribution < -0.4 is 10.1 Å². The molecule has 35 heavy (non-hydrogen) atoms. The van der Waals surface area contributed by atoms with Crippen LogP contribution in [0.1, 0.15) is 36.2 Å². The molecule has 0 saturated carbocycles. The molecule has 1 aliphatic carbocycles. The molecule has 7 heteroatoms. The highest BCUT2D eigenvalue weighted by atomic mass is 16.5. The van der Waals surface area contributed by atoms with Gasteiger partial charge in [-0.3, -0.25) is 0 Å². The van der Waals surface area contributed by atoms with Gasteiger partial charge in [-0.1, -0.05) is 30.3 Å². The summed E-state index contributed by atoms with van der Waals surface area (Å²) in [5, 5.41) is 4.17. The third-order valence-electron chi connectivity index (χ3n) is 6.75. The first-order valence-corrected chi connectivity index (χ1v) is 12.2. The number of anilines is 1. The Bertz CT molecular complexity index is 1410. The highest BCUT2D eigenvalue weighted by Gasteiger charge is 2.24. The molecule has 7 nitrogen and oxygen atoms in total. The summed E-state index contributed by atoms with van der Waals surface area (Å²) in [6.07, 6.45) is 9.11. The van der Waals surface area contributed by atoms with Gasteiger partial charge in [-0.25, -0.2) is 14.8 Å². The minimum absolute atomic E-state index is 0.121. The van der Waals surface area contributed by atoms with E-state index in [2.05, 4.69) is 26.3 Å². The van der Waals surface area contributed by atoms with Crippen LogP contribution in [-0.2, 0) is 12.8 Å². The highest BCUT2D eigenvalue weighted by molar-refractivity contribution is 5.93. The van der Waals surface area contributed by atoms with Gasteiger partial charge in [-0.05, 0) is 67.5 Å². The van der Waals surface area contributed by atoms with Crippen molar-refractivity contribution in [3.05, 3.63) is 84.0 Å².